The molecule has 84 valence electrons. The lowest BCUT2D eigenvalue weighted by molar-refractivity contribution is 0.589. The summed E-state index contributed by atoms with van der Waals surface area (Å²) < 4.78 is 0. The maximum Gasteiger partial charge on any atom is 0.148 e. The van der Waals surface area contributed by atoms with Gasteiger partial charge in [-0.1, -0.05) is 13.8 Å². The van der Waals surface area contributed by atoms with Crippen LogP contribution in [-0.2, 0) is 19.4 Å². The summed E-state index contributed by atoms with van der Waals surface area (Å²) in [5.74, 6) is 1.33. The lowest BCUT2D eigenvalue weighted by Crippen LogP contribution is -2.27. The first-order chi connectivity index (χ1) is 7.70. The fourth-order valence-corrected chi connectivity index (χ4v) is 1.94. The number of fused-ring (bicyclic) bond motifs is 1. The van der Waals surface area contributed by atoms with E-state index in [2.05, 4.69) is 35.2 Å². The van der Waals surface area contributed by atoms with E-state index in [1.807, 2.05) is 0 Å². The molecule has 4 nitrogen and oxygen atoms in total. The molecule has 0 unspecified atom stereocenters. The minimum Gasteiger partial charge on any atom is -0.312 e. The van der Waals surface area contributed by atoms with Gasteiger partial charge in [0, 0.05) is 31.5 Å². The van der Waals surface area contributed by atoms with Crippen molar-refractivity contribution in [3.8, 4) is 6.07 Å². The van der Waals surface area contributed by atoms with E-state index in [9.17, 15) is 0 Å². The standard InChI is InChI=1S/C12H16N4/c1-8(2)5-12-15-10-3-4-14-7-9(10)11(6-13)16-12/h8,14H,3-5,7H2,1-2H3. The fraction of sp³-hybridized carbons (Fsp3) is 0.583. The average molecular weight is 216 g/mol. The number of rotatable bonds is 2. The first kappa shape index (κ1) is 11.0. The van der Waals surface area contributed by atoms with E-state index in [-0.39, 0.29) is 0 Å². The molecule has 1 N–H and O–H groups in total. The molecule has 2 heterocycles. The molecule has 0 aliphatic carbocycles. The van der Waals surface area contributed by atoms with Crippen LogP contribution in [-0.4, -0.2) is 16.5 Å². The van der Waals surface area contributed by atoms with Gasteiger partial charge in [0.25, 0.3) is 0 Å². The minimum atomic E-state index is 0.520. The van der Waals surface area contributed by atoms with Crippen molar-refractivity contribution in [3.05, 3.63) is 22.8 Å². The van der Waals surface area contributed by atoms with E-state index < -0.39 is 0 Å². The number of hydrogen-bond donors (Lipinski definition) is 1. The number of nitrogens with zero attached hydrogens (tertiary/aromatic N) is 3. The molecule has 4 heteroatoms. The van der Waals surface area contributed by atoms with Crippen LogP contribution in [0, 0.1) is 17.2 Å². The Hall–Kier alpha value is -1.47. The van der Waals surface area contributed by atoms with Gasteiger partial charge in [0.15, 0.2) is 0 Å². The SMILES string of the molecule is CC(C)Cc1nc(C#N)c2c(n1)CCNC2. The van der Waals surface area contributed by atoms with Crippen LogP contribution in [0.4, 0.5) is 0 Å². The van der Waals surface area contributed by atoms with Crippen LogP contribution in [0.2, 0.25) is 0 Å². The van der Waals surface area contributed by atoms with Crippen LogP contribution in [0.3, 0.4) is 0 Å². The quantitative estimate of drug-likeness (QED) is 0.806. The number of hydrogen-bond acceptors (Lipinski definition) is 4. The number of aromatic nitrogens is 2. The molecule has 0 saturated carbocycles. The van der Waals surface area contributed by atoms with E-state index in [4.69, 9.17) is 5.26 Å². The highest BCUT2D eigenvalue weighted by atomic mass is 14.9. The van der Waals surface area contributed by atoms with E-state index >= 15 is 0 Å². The maximum absolute atomic E-state index is 9.08. The van der Waals surface area contributed by atoms with Crippen LogP contribution < -0.4 is 5.32 Å². The van der Waals surface area contributed by atoms with Gasteiger partial charge in [0.1, 0.15) is 17.6 Å². The van der Waals surface area contributed by atoms with Crippen molar-refractivity contribution >= 4 is 0 Å². The van der Waals surface area contributed by atoms with Gasteiger partial charge in [-0.25, -0.2) is 9.97 Å². The molecular weight excluding hydrogens is 200 g/mol. The molecule has 2 rings (SSSR count). The molecule has 1 aromatic heterocycles. The van der Waals surface area contributed by atoms with Crippen LogP contribution in [0.5, 0.6) is 0 Å². The lowest BCUT2D eigenvalue weighted by Gasteiger charge is -2.18. The Balaban J connectivity index is 2.40. The number of nitrogens with one attached hydrogen (secondary N) is 1. The van der Waals surface area contributed by atoms with Crippen molar-refractivity contribution in [2.24, 2.45) is 5.92 Å². The molecule has 0 radical (unpaired) electrons. The normalized spacial score (nSPS) is 14.6. The third-order valence-corrected chi connectivity index (χ3v) is 2.68. The zero-order valence-electron chi connectivity index (χ0n) is 9.75. The molecule has 16 heavy (non-hydrogen) atoms. The minimum absolute atomic E-state index is 0.520. The highest BCUT2D eigenvalue weighted by Gasteiger charge is 2.17. The predicted molar refractivity (Wildman–Crippen MR) is 60.7 cm³/mol. The van der Waals surface area contributed by atoms with E-state index in [0.29, 0.717) is 11.6 Å². The van der Waals surface area contributed by atoms with Crippen LogP contribution in [0.15, 0.2) is 0 Å². The van der Waals surface area contributed by atoms with Gasteiger partial charge in [-0.3, -0.25) is 0 Å². The van der Waals surface area contributed by atoms with Crippen molar-refractivity contribution in [2.45, 2.75) is 33.2 Å². The van der Waals surface area contributed by atoms with Gasteiger partial charge in [-0.05, 0) is 5.92 Å². The summed E-state index contributed by atoms with van der Waals surface area (Å²) >= 11 is 0. The van der Waals surface area contributed by atoms with Gasteiger partial charge < -0.3 is 5.32 Å². The van der Waals surface area contributed by atoms with Crippen molar-refractivity contribution in [1.29, 1.82) is 5.26 Å². The molecule has 0 atom stereocenters. The second-order valence-electron chi connectivity index (χ2n) is 4.55. The fourth-order valence-electron chi connectivity index (χ4n) is 1.94. The van der Waals surface area contributed by atoms with Crippen LogP contribution in [0.1, 0.15) is 36.6 Å². The monoisotopic (exact) mass is 216 g/mol. The van der Waals surface area contributed by atoms with Crippen molar-refractivity contribution in [2.75, 3.05) is 6.54 Å². The first-order valence-corrected chi connectivity index (χ1v) is 5.70. The highest BCUT2D eigenvalue weighted by Crippen LogP contribution is 2.16. The van der Waals surface area contributed by atoms with Crippen LogP contribution >= 0.6 is 0 Å². The topological polar surface area (TPSA) is 61.6 Å². The van der Waals surface area contributed by atoms with Crippen molar-refractivity contribution in [1.82, 2.24) is 15.3 Å². The molecule has 1 aliphatic rings. The summed E-state index contributed by atoms with van der Waals surface area (Å²) in [7, 11) is 0. The molecule has 0 bridgehead atoms. The van der Waals surface area contributed by atoms with Gasteiger partial charge in [-0.15, -0.1) is 0 Å². The Morgan fingerprint density at radius 1 is 1.44 bits per heavy atom. The zero-order valence-corrected chi connectivity index (χ0v) is 9.75. The van der Waals surface area contributed by atoms with Crippen molar-refractivity contribution < 1.29 is 0 Å². The Kier molecular flexibility index (Phi) is 3.16. The zero-order chi connectivity index (χ0) is 11.5. The Bertz CT molecular complexity index is 431. The highest BCUT2D eigenvalue weighted by molar-refractivity contribution is 5.36. The summed E-state index contributed by atoms with van der Waals surface area (Å²) in [5.41, 5.74) is 2.59. The third kappa shape index (κ3) is 2.20. The molecule has 0 aromatic carbocycles. The van der Waals surface area contributed by atoms with Gasteiger partial charge >= 0.3 is 0 Å². The molecule has 0 amide bonds. The summed E-state index contributed by atoms with van der Waals surface area (Å²) in [5, 5.41) is 12.3. The first-order valence-electron chi connectivity index (χ1n) is 5.70. The molecule has 0 spiro atoms. The summed E-state index contributed by atoms with van der Waals surface area (Å²) in [6, 6.07) is 2.18. The molecule has 1 aliphatic heterocycles. The number of nitriles is 1. The third-order valence-electron chi connectivity index (χ3n) is 2.68. The van der Waals surface area contributed by atoms with E-state index in [0.717, 1.165) is 43.0 Å². The smallest absolute Gasteiger partial charge is 0.148 e. The predicted octanol–water partition coefficient (Wildman–Crippen LogP) is 1.19. The Morgan fingerprint density at radius 3 is 2.94 bits per heavy atom. The van der Waals surface area contributed by atoms with E-state index in [1.165, 1.54) is 0 Å². The Labute approximate surface area is 95.7 Å². The maximum atomic E-state index is 9.08. The van der Waals surface area contributed by atoms with Crippen molar-refractivity contribution in [3.63, 3.8) is 0 Å². The van der Waals surface area contributed by atoms with Crippen LogP contribution in [0.25, 0.3) is 0 Å². The van der Waals surface area contributed by atoms with Gasteiger partial charge in [-0.2, -0.15) is 5.26 Å². The molecule has 1 aromatic rings. The average Bonchev–Trinajstić information content (AvgIpc) is 2.27. The Morgan fingerprint density at radius 2 is 2.25 bits per heavy atom. The summed E-state index contributed by atoms with van der Waals surface area (Å²) in [6.45, 7) is 5.93. The second kappa shape index (κ2) is 4.58. The molecular formula is C12H16N4. The summed E-state index contributed by atoms with van der Waals surface area (Å²) in [4.78, 5) is 8.89. The largest absolute Gasteiger partial charge is 0.312 e. The lowest BCUT2D eigenvalue weighted by atomic mass is 10.0. The van der Waals surface area contributed by atoms with E-state index in [1.54, 1.807) is 0 Å². The van der Waals surface area contributed by atoms with Gasteiger partial charge in [0.2, 0.25) is 0 Å². The second-order valence-corrected chi connectivity index (χ2v) is 4.55. The van der Waals surface area contributed by atoms with Gasteiger partial charge in [0.05, 0.1) is 5.69 Å². The molecule has 0 fully saturated rings. The summed E-state index contributed by atoms with van der Waals surface area (Å²) in [6.07, 6.45) is 1.74. The molecule has 0 saturated heterocycles.